The summed E-state index contributed by atoms with van der Waals surface area (Å²) in [6, 6.07) is 10.3. The minimum atomic E-state index is -0.340. The lowest BCUT2D eigenvalue weighted by atomic mass is 10.1. The number of nitrogens with one attached hydrogen (secondary N) is 1. The average molecular weight is 372 g/mol. The van der Waals surface area contributed by atoms with Crippen LogP contribution in [0.15, 0.2) is 42.7 Å². The van der Waals surface area contributed by atoms with Gasteiger partial charge in [0.2, 0.25) is 0 Å². The molecule has 1 N–H and O–H groups in total. The molecule has 0 spiro atoms. The Hall–Kier alpha value is -3.13. The van der Waals surface area contributed by atoms with Crippen LogP contribution in [-0.2, 0) is 0 Å². The van der Waals surface area contributed by atoms with Gasteiger partial charge in [-0.2, -0.15) is 4.68 Å². The van der Waals surface area contributed by atoms with Gasteiger partial charge in [-0.3, -0.25) is 4.79 Å². The Morgan fingerprint density at radius 1 is 1.15 bits per heavy atom. The first-order valence-electron chi connectivity index (χ1n) is 7.95. The van der Waals surface area contributed by atoms with E-state index in [9.17, 15) is 4.79 Å². The molecule has 1 aliphatic rings. The third-order valence-electron chi connectivity index (χ3n) is 3.83. The van der Waals surface area contributed by atoms with Crippen molar-refractivity contribution in [2.75, 3.05) is 18.5 Å². The van der Waals surface area contributed by atoms with Crippen molar-refractivity contribution in [2.45, 2.75) is 6.42 Å². The molecule has 3 aromatic rings. The molecule has 8 nitrogen and oxygen atoms in total. The fourth-order valence-electron chi connectivity index (χ4n) is 2.61. The van der Waals surface area contributed by atoms with Crippen LogP contribution in [0.25, 0.3) is 5.69 Å². The number of anilines is 1. The van der Waals surface area contributed by atoms with Crippen molar-refractivity contribution in [3.05, 3.63) is 53.3 Å². The number of carbonyl (C=O) groups excluding carboxylic acids is 1. The zero-order valence-electron chi connectivity index (χ0n) is 13.6. The predicted octanol–water partition coefficient (Wildman–Crippen LogP) is 2.73. The molecule has 0 aliphatic carbocycles. The molecule has 1 amide bonds. The standard InChI is InChI=1S/C17H14ClN5O3/c18-12-8-15-16(26-7-3-6-25-15)9-13(12)20-17(24)11-4-1-2-5-14(11)23-10-19-21-22-23/h1-2,4-5,8-10H,3,6-7H2,(H,20,24). The van der Waals surface area contributed by atoms with Crippen LogP contribution in [0, 0.1) is 0 Å². The van der Waals surface area contributed by atoms with E-state index in [0.29, 0.717) is 46.7 Å². The van der Waals surface area contributed by atoms with E-state index in [0.717, 1.165) is 6.42 Å². The summed E-state index contributed by atoms with van der Waals surface area (Å²) in [5.41, 5.74) is 1.40. The molecule has 4 rings (SSSR count). The summed E-state index contributed by atoms with van der Waals surface area (Å²) in [6.45, 7) is 1.11. The Kier molecular flexibility index (Phi) is 4.40. The highest BCUT2D eigenvalue weighted by Crippen LogP contribution is 2.37. The number of benzene rings is 2. The Labute approximate surface area is 153 Å². The van der Waals surface area contributed by atoms with Gasteiger partial charge in [0, 0.05) is 18.6 Å². The number of rotatable bonds is 3. The molecule has 0 saturated heterocycles. The molecule has 0 radical (unpaired) electrons. The van der Waals surface area contributed by atoms with Gasteiger partial charge in [0.15, 0.2) is 11.5 Å². The Morgan fingerprint density at radius 2 is 1.92 bits per heavy atom. The molecule has 0 saturated carbocycles. The highest BCUT2D eigenvalue weighted by atomic mass is 35.5. The smallest absolute Gasteiger partial charge is 0.257 e. The number of hydrogen-bond donors (Lipinski definition) is 1. The second-order valence-electron chi connectivity index (χ2n) is 5.55. The zero-order valence-corrected chi connectivity index (χ0v) is 14.3. The lowest BCUT2D eigenvalue weighted by molar-refractivity contribution is 0.102. The van der Waals surface area contributed by atoms with Crippen molar-refractivity contribution >= 4 is 23.2 Å². The summed E-state index contributed by atoms with van der Waals surface area (Å²) in [5.74, 6) is 0.781. The lowest BCUT2D eigenvalue weighted by Gasteiger charge is -2.13. The molecular weight excluding hydrogens is 358 g/mol. The van der Waals surface area contributed by atoms with Crippen molar-refractivity contribution in [1.82, 2.24) is 20.2 Å². The van der Waals surface area contributed by atoms with Gasteiger partial charge in [-0.05, 0) is 22.6 Å². The Balaban J connectivity index is 1.65. The number of aromatic nitrogens is 4. The van der Waals surface area contributed by atoms with Crippen molar-refractivity contribution < 1.29 is 14.3 Å². The molecule has 1 aromatic heterocycles. The normalized spacial score (nSPS) is 13.1. The van der Waals surface area contributed by atoms with E-state index in [1.807, 2.05) is 0 Å². The summed E-state index contributed by atoms with van der Waals surface area (Å²) in [6.07, 6.45) is 2.21. The molecule has 0 atom stereocenters. The van der Waals surface area contributed by atoms with E-state index in [2.05, 4.69) is 20.8 Å². The first-order valence-corrected chi connectivity index (χ1v) is 8.33. The third kappa shape index (κ3) is 3.18. The average Bonchev–Trinajstić information content (AvgIpc) is 3.10. The van der Waals surface area contributed by atoms with Gasteiger partial charge in [-0.15, -0.1) is 5.10 Å². The summed E-state index contributed by atoms with van der Waals surface area (Å²) in [4.78, 5) is 12.8. The van der Waals surface area contributed by atoms with E-state index in [1.54, 1.807) is 36.4 Å². The van der Waals surface area contributed by atoms with Crippen molar-refractivity contribution in [3.8, 4) is 17.2 Å². The third-order valence-corrected chi connectivity index (χ3v) is 4.14. The fraction of sp³-hybridized carbons (Fsp3) is 0.176. The number of ether oxygens (including phenoxy) is 2. The van der Waals surface area contributed by atoms with Gasteiger partial charge in [0.25, 0.3) is 5.91 Å². The van der Waals surface area contributed by atoms with Crippen molar-refractivity contribution in [1.29, 1.82) is 0 Å². The SMILES string of the molecule is O=C(Nc1cc2c(cc1Cl)OCCCO2)c1ccccc1-n1cnnn1. The number of para-hydroxylation sites is 1. The highest BCUT2D eigenvalue weighted by Gasteiger charge is 2.18. The quantitative estimate of drug-likeness (QED) is 0.761. The topological polar surface area (TPSA) is 91.2 Å². The molecule has 0 unspecified atom stereocenters. The van der Waals surface area contributed by atoms with Crippen LogP contribution >= 0.6 is 11.6 Å². The van der Waals surface area contributed by atoms with Crippen LogP contribution in [0.2, 0.25) is 5.02 Å². The predicted molar refractivity (Wildman–Crippen MR) is 94.2 cm³/mol. The second-order valence-corrected chi connectivity index (χ2v) is 5.96. The Bertz CT molecular complexity index is 946. The second kappa shape index (κ2) is 7.01. The molecule has 132 valence electrons. The molecule has 2 aromatic carbocycles. The first-order chi connectivity index (χ1) is 12.7. The summed E-state index contributed by atoms with van der Waals surface area (Å²) in [7, 11) is 0. The summed E-state index contributed by atoms with van der Waals surface area (Å²) < 4.78 is 12.7. The van der Waals surface area contributed by atoms with E-state index in [1.165, 1.54) is 11.0 Å². The van der Waals surface area contributed by atoms with E-state index in [4.69, 9.17) is 21.1 Å². The number of fused-ring (bicyclic) bond motifs is 1. The molecule has 26 heavy (non-hydrogen) atoms. The van der Waals surface area contributed by atoms with Crippen LogP contribution < -0.4 is 14.8 Å². The van der Waals surface area contributed by atoms with Crippen LogP contribution in [0.3, 0.4) is 0 Å². The maximum absolute atomic E-state index is 12.8. The molecule has 1 aliphatic heterocycles. The van der Waals surface area contributed by atoms with Gasteiger partial charge in [-0.1, -0.05) is 23.7 Å². The van der Waals surface area contributed by atoms with E-state index in [-0.39, 0.29) is 5.91 Å². The Morgan fingerprint density at radius 3 is 2.69 bits per heavy atom. The fourth-order valence-corrected chi connectivity index (χ4v) is 2.81. The maximum Gasteiger partial charge on any atom is 0.257 e. The van der Waals surface area contributed by atoms with Gasteiger partial charge >= 0.3 is 0 Å². The van der Waals surface area contributed by atoms with Crippen molar-refractivity contribution in [3.63, 3.8) is 0 Å². The molecule has 2 heterocycles. The number of tetrazole rings is 1. The number of amides is 1. The van der Waals surface area contributed by atoms with Gasteiger partial charge in [0.05, 0.1) is 35.2 Å². The highest BCUT2D eigenvalue weighted by molar-refractivity contribution is 6.34. The maximum atomic E-state index is 12.8. The van der Waals surface area contributed by atoms with Crippen molar-refractivity contribution in [2.24, 2.45) is 0 Å². The van der Waals surface area contributed by atoms with Crippen LogP contribution in [0.5, 0.6) is 11.5 Å². The monoisotopic (exact) mass is 371 g/mol. The minimum Gasteiger partial charge on any atom is -0.490 e. The lowest BCUT2D eigenvalue weighted by Crippen LogP contribution is -2.15. The van der Waals surface area contributed by atoms with E-state index >= 15 is 0 Å². The van der Waals surface area contributed by atoms with Crippen LogP contribution in [-0.4, -0.2) is 39.3 Å². The summed E-state index contributed by atoms with van der Waals surface area (Å²) in [5, 5.41) is 14.2. The number of hydrogen-bond acceptors (Lipinski definition) is 6. The largest absolute Gasteiger partial charge is 0.490 e. The number of carbonyl (C=O) groups is 1. The van der Waals surface area contributed by atoms with Gasteiger partial charge < -0.3 is 14.8 Å². The number of nitrogens with zero attached hydrogens (tertiary/aromatic N) is 4. The molecular formula is C17H14ClN5O3. The zero-order chi connectivity index (χ0) is 17.9. The molecule has 0 bridgehead atoms. The van der Waals surface area contributed by atoms with Gasteiger partial charge in [-0.25, -0.2) is 0 Å². The molecule has 0 fully saturated rings. The van der Waals surface area contributed by atoms with Crippen LogP contribution in [0.4, 0.5) is 5.69 Å². The summed E-state index contributed by atoms with van der Waals surface area (Å²) >= 11 is 6.30. The van der Waals surface area contributed by atoms with Gasteiger partial charge in [0.1, 0.15) is 6.33 Å². The van der Waals surface area contributed by atoms with E-state index < -0.39 is 0 Å². The minimum absolute atomic E-state index is 0.340. The first kappa shape index (κ1) is 16.3. The number of halogens is 1. The molecule has 9 heteroatoms. The van der Waals surface area contributed by atoms with Crippen LogP contribution in [0.1, 0.15) is 16.8 Å².